The highest BCUT2D eigenvalue weighted by atomic mass is 19.3. The third-order valence-corrected chi connectivity index (χ3v) is 3.40. The van der Waals surface area contributed by atoms with Crippen molar-refractivity contribution in [2.75, 3.05) is 7.05 Å². The van der Waals surface area contributed by atoms with E-state index in [-0.39, 0.29) is 11.8 Å². The smallest absolute Gasteiger partial charge is 0.387 e. The molecule has 0 amide bonds. The molecule has 0 radical (unpaired) electrons. The molecule has 1 atom stereocenters. The van der Waals surface area contributed by atoms with Gasteiger partial charge in [-0.25, -0.2) is 0 Å². The van der Waals surface area contributed by atoms with Crippen molar-refractivity contribution in [1.82, 2.24) is 15.0 Å². The Kier molecular flexibility index (Phi) is 5.43. The fraction of sp³-hybridized carbons (Fsp3) is 0.467. The van der Waals surface area contributed by atoms with Gasteiger partial charge in [-0.05, 0) is 31.7 Å². The summed E-state index contributed by atoms with van der Waals surface area (Å²) in [5, 5.41) is 3.88. The molecule has 1 aromatic heterocycles. The zero-order valence-corrected chi connectivity index (χ0v) is 12.8. The summed E-state index contributed by atoms with van der Waals surface area (Å²) in [6.45, 7) is 1.76. The third kappa shape index (κ3) is 4.24. The van der Waals surface area contributed by atoms with Gasteiger partial charge in [0, 0.05) is 13.0 Å². The number of halogens is 2. The van der Waals surface area contributed by atoms with Crippen molar-refractivity contribution in [2.45, 2.75) is 39.5 Å². The van der Waals surface area contributed by atoms with E-state index in [9.17, 15) is 8.78 Å². The highest BCUT2D eigenvalue weighted by molar-refractivity contribution is 5.27. The van der Waals surface area contributed by atoms with Gasteiger partial charge in [0.1, 0.15) is 5.75 Å². The molecule has 0 N–H and O–H groups in total. The summed E-state index contributed by atoms with van der Waals surface area (Å²) in [5.41, 5.74) is 0.978. The van der Waals surface area contributed by atoms with Gasteiger partial charge in [-0.2, -0.15) is 13.8 Å². The van der Waals surface area contributed by atoms with E-state index in [1.165, 1.54) is 12.1 Å². The molecule has 1 aromatic carbocycles. The molecule has 1 heterocycles. The van der Waals surface area contributed by atoms with Gasteiger partial charge in [-0.3, -0.25) is 4.90 Å². The first kappa shape index (κ1) is 16.4. The zero-order chi connectivity index (χ0) is 16.1. The van der Waals surface area contributed by atoms with Crippen LogP contribution in [0.4, 0.5) is 8.78 Å². The largest absolute Gasteiger partial charge is 0.435 e. The molecule has 1 unspecified atom stereocenters. The van der Waals surface area contributed by atoms with Gasteiger partial charge in [0.2, 0.25) is 5.89 Å². The molecule has 0 aliphatic rings. The first-order valence-corrected chi connectivity index (χ1v) is 7.06. The normalized spacial score (nSPS) is 12.9. The van der Waals surface area contributed by atoms with Crippen LogP contribution >= 0.6 is 0 Å². The van der Waals surface area contributed by atoms with Crippen LogP contribution in [0, 0.1) is 0 Å². The summed E-state index contributed by atoms with van der Waals surface area (Å²) in [4.78, 5) is 6.35. The number of nitrogens with zero attached hydrogens (tertiary/aromatic N) is 3. The minimum atomic E-state index is -2.81. The summed E-state index contributed by atoms with van der Waals surface area (Å²) in [5.74, 6) is 1.40. The van der Waals surface area contributed by atoms with E-state index in [0.29, 0.717) is 18.3 Å². The molecule has 7 heteroatoms. The molecule has 0 aliphatic heterocycles. The van der Waals surface area contributed by atoms with E-state index >= 15 is 0 Å². The van der Waals surface area contributed by atoms with Gasteiger partial charge in [-0.15, -0.1) is 0 Å². The molecule has 0 bridgehead atoms. The number of hydrogen-bond donors (Lipinski definition) is 0. The highest BCUT2D eigenvalue weighted by Crippen LogP contribution is 2.21. The van der Waals surface area contributed by atoms with Crippen LogP contribution < -0.4 is 4.74 Å². The van der Waals surface area contributed by atoms with E-state index in [0.717, 1.165) is 12.0 Å². The summed E-state index contributed by atoms with van der Waals surface area (Å²) >= 11 is 0. The van der Waals surface area contributed by atoms with E-state index in [1.807, 2.05) is 25.8 Å². The number of hydrogen-bond acceptors (Lipinski definition) is 5. The Balaban J connectivity index is 1.97. The van der Waals surface area contributed by atoms with Crippen molar-refractivity contribution in [3.8, 4) is 5.75 Å². The van der Waals surface area contributed by atoms with Crippen LogP contribution in [-0.2, 0) is 13.0 Å². The number of benzene rings is 1. The Bertz CT molecular complexity index is 587. The van der Waals surface area contributed by atoms with Crippen molar-refractivity contribution >= 4 is 0 Å². The molecule has 120 valence electrons. The number of aromatic nitrogens is 2. The second-order valence-electron chi connectivity index (χ2n) is 5.02. The van der Waals surface area contributed by atoms with E-state index in [4.69, 9.17) is 4.52 Å². The lowest BCUT2D eigenvalue weighted by atomic mass is 10.2. The van der Waals surface area contributed by atoms with Crippen molar-refractivity contribution in [2.24, 2.45) is 0 Å². The van der Waals surface area contributed by atoms with Crippen molar-refractivity contribution in [3.05, 3.63) is 41.5 Å². The van der Waals surface area contributed by atoms with Crippen LogP contribution in [0.1, 0.15) is 37.2 Å². The zero-order valence-electron chi connectivity index (χ0n) is 12.8. The van der Waals surface area contributed by atoms with Gasteiger partial charge in [0.05, 0.1) is 6.04 Å². The van der Waals surface area contributed by atoms with Crippen LogP contribution in [0.3, 0.4) is 0 Å². The minimum absolute atomic E-state index is 0.0372. The van der Waals surface area contributed by atoms with E-state index in [1.54, 1.807) is 12.1 Å². The number of rotatable bonds is 7. The van der Waals surface area contributed by atoms with Crippen LogP contribution in [-0.4, -0.2) is 28.7 Å². The summed E-state index contributed by atoms with van der Waals surface area (Å²) < 4.78 is 33.8. The topological polar surface area (TPSA) is 51.4 Å². The molecular weight excluding hydrogens is 292 g/mol. The first-order chi connectivity index (χ1) is 10.5. The van der Waals surface area contributed by atoms with Crippen molar-refractivity contribution in [1.29, 1.82) is 0 Å². The van der Waals surface area contributed by atoms with Crippen LogP contribution in [0.5, 0.6) is 5.75 Å². The molecule has 0 aliphatic carbocycles. The third-order valence-electron chi connectivity index (χ3n) is 3.40. The van der Waals surface area contributed by atoms with Crippen LogP contribution in [0.15, 0.2) is 28.8 Å². The molecule has 22 heavy (non-hydrogen) atoms. The lowest BCUT2D eigenvalue weighted by Crippen LogP contribution is -2.22. The minimum Gasteiger partial charge on any atom is -0.435 e. The van der Waals surface area contributed by atoms with E-state index < -0.39 is 6.61 Å². The number of ether oxygens (including phenoxy) is 1. The molecule has 0 saturated heterocycles. The molecule has 5 nitrogen and oxygen atoms in total. The summed E-state index contributed by atoms with van der Waals surface area (Å²) in [6.07, 6.45) is 0.728. The maximum absolute atomic E-state index is 12.1. The van der Waals surface area contributed by atoms with Crippen molar-refractivity contribution in [3.63, 3.8) is 0 Å². The average molecular weight is 311 g/mol. The van der Waals surface area contributed by atoms with E-state index in [2.05, 4.69) is 14.9 Å². The predicted molar refractivity (Wildman–Crippen MR) is 76.6 cm³/mol. The molecule has 0 fully saturated rings. The standard InChI is InChI=1S/C15H19F2N3O2/c1-4-13-18-14(22-19-13)10(2)20(3)9-11-5-7-12(8-6-11)21-15(16)17/h5-8,10,15H,4,9H2,1-3H3. The second-order valence-corrected chi connectivity index (χ2v) is 5.02. The summed E-state index contributed by atoms with van der Waals surface area (Å²) in [6, 6.07) is 6.53. The fourth-order valence-electron chi connectivity index (χ4n) is 1.97. The van der Waals surface area contributed by atoms with Crippen LogP contribution in [0.25, 0.3) is 0 Å². The molecular formula is C15H19F2N3O2. The lowest BCUT2D eigenvalue weighted by Gasteiger charge is -2.21. The highest BCUT2D eigenvalue weighted by Gasteiger charge is 2.18. The van der Waals surface area contributed by atoms with Gasteiger partial charge < -0.3 is 9.26 Å². The Labute approximate surface area is 127 Å². The van der Waals surface area contributed by atoms with Gasteiger partial charge in [-0.1, -0.05) is 24.2 Å². The second kappa shape index (κ2) is 7.31. The summed E-state index contributed by atoms with van der Waals surface area (Å²) in [7, 11) is 1.93. The van der Waals surface area contributed by atoms with Gasteiger partial charge in [0.25, 0.3) is 0 Å². The molecule has 2 rings (SSSR count). The quantitative estimate of drug-likeness (QED) is 0.784. The maximum atomic E-state index is 12.1. The van der Waals surface area contributed by atoms with Crippen molar-refractivity contribution < 1.29 is 18.0 Å². The predicted octanol–water partition coefficient (Wildman–Crippen LogP) is 3.43. The molecule has 2 aromatic rings. The van der Waals surface area contributed by atoms with Gasteiger partial charge in [0.15, 0.2) is 5.82 Å². The lowest BCUT2D eigenvalue weighted by molar-refractivity contribution is -0.0498. The Morgan fingerprint density at radius 2 is 1.95 bits per heavy atom. The molecule has 0 spiro atoms. The van der Waals surface area contributed by atoms with Gasteiger partial charge >= 0.3 is 6.61 Å². The Morgan fingerprint density at radius 3 is 2.50 bits per heavy atom. The number of alkyl halides is 2. The SMILES string of the molecule is CCc1noc(C(C)N(C)Cc2ccc(OC(F)F)cc2)n1. The van der Waals surface area contributed by atoms with Crippen LogP contribution in [0.2, 0.25) is 0 Å². The maximum Gasteiger partial charge on any atom is 0.387 e. The molecule has 0 saturated carbocycles. The Hall–Kier alpha value is -2.02. The monoisotopic (exact) mass is 311 g/mol. The fourth-order valence-corrected chi connectivity index (χ4v) is 1.97. The first-order valence-electron chi connectivity index (χ1n) is 7.06. The average Bonchev–Trinajstić information content (AvgIpc) is 2.97. The number of aryl methyl sites for hydroxylation is 1. The Morgan fingerprint density at radius 1 is 1.27 bits per heavy atom.